The molecule has 0 aliphatic carbocycles. The van der Waals surface area contributed by atoms with Crippen LogP contribution in [0, 0.1) is 0 Å². The quantitative estimate of drug-likeness (QED) is 0.676. The van der Waals surface area contributed by atoms with Crippen molar-refractivity contribution in [1.82, 2.24) is 9.55 Å². The first-order chi connectivity index (χ1) is 6.33. The maximum atomic E-state index is 5.46. The predicted octanol–water partition coefficient (Wildman–Crippen LogP) is 1.28. The zero-order valence-corrected chi connectivity index (χ0v) is 8.07. The lowest BCUT2D eigenvalue weighted by Crippen LogP contribution is -2.04. The average Bonchev–Trinajstić information content (AvgIpc) is 2.51. The van der Waals surface area contributed by atoms with Gasteiger partial charge in [0.2, 0.25) is 0 Å². The Kier molecular flexibility index (Phi) is 4.32. The van der Waals surface area contributed by atoms with Crippen molar-refractivity contribution in [2.24, 2.45) is 0 Å². The largest absolute Gasteiger partial charge is 0.382 e. The molecule has 0 saturated carbocycles. The Labute approximate surface area is 78.7 Å². The third-order valence-electron chi connectivity index (χ3n) is 1.79. The first-order valence-corrected chi connectivity index (χ1v) is 4.68. The molecule has 0 saturated heterocycles. The van der Waals surface area contributed by atoms with Gasteiger partial charge in [-0.25, -0.2) is 4.98 Å². The molecule has 1 aromatic rings. The van der Waals surface area contributed by atoms with E-state index in [9.17, 15) is 0 Å². The van der Waals surface area contributed by atoms with Crippen LogP contribution >= 0.6 is 0 Å². The zero-order valence-electron chi connectivity index (χ0n) is 8.07. The number of rotatable bonds is 6. The van der Waals surface area contributed by atoms with E-state index in [0.29, 0.717) is 5.82 Å². The van der Waals surface area contributed by atoms with Crippen LogP contribution in [0.5, 0.6) is 0 Å². The lowest BCUT2D eigenvalue weighted by atomic mass is 10.4. The molecule has 74 valence electrons. The van der Waals surface area contributed by atoms with Crippen LogP contribution in [0.4, 0.5) is 5.82 Å². The highest BCUT2D eigenvalue weighted by Crippen LogP contribution is 1.96. The fraction of sp³-hybridized carbons (Fsp3) is 0.667. The van der Waals surface area contributed by atoms with Crippen LogP contribution in [-0.4, -0.2) is 22.8 Å². The van der Waals surface area contributed by atoms with Gasteiger partial charge in [0, 0.05) is 19.3 Å². The number of hydrogen-bond acceptors (Lipinski definition) is 3. The second-order valence-corrected chi connectivity index (χ2v) is 3.00. The van der Waals surface area contributed by atoms with Crippen molar-refractivity contribution in [3.05, 3.63) is 12.5 Å². The SMILES string of the molecule is CCCCOCCn1cnc(N)c1. The van der Waals surface area contributed by atoms with E-state index in [-0.39, 0.29) is 0 Å². The Morgan fingerprint density at radius 3 is 3.00 bits per heavy atom. The maximum absolute atomic E-state index is 5.46. The Morgan fingerprint density at radius 1 is 1.54 bits per heavy atom. The van der Waals surface area contributed by atoms with Gasteiger partial charge in [-0.1, -0.05) is 13.3 Å². The molecule has 0 aliphatic rings. The molecule has 0 aromatic carbocycles. The highest BCUT2D eigenvalue weighted by Gasteiger charge is 1.93. The monoisotopic (exact) mass is 183 g/mol. The molecule has 4 nitrogen and oxygen atoms in total. The van der Waals surface area contributed by atoms with Crippen LogP contribution in [0.25, 0.3) is 0 Å². The summed E-state index contributed by atoms with van der Waals surface area (Å²) in [4.78, 5) is 3.92. The van der Waals surface area contributed by atoms with Gasteiger partial charge in [0.25, 0.3) is 0 Å². The number of nitrogen functional groups attached to an aromatic ring is 1. The predicted molar refractivity (Wildman–Crippen MR) is 52.4 cm³/mol. The molecule has 2 N–H and O–H groups in total. The van der Waals surface area contributed by atoms with Gasteiger partial charge >= 0.3 is 0 Å². The Bertz CT molecular complexity index is 235. The van der Waals surface area contributed by atoms with E-state index >= 15 is 0 Å². The minimum absolute atomic E-state index is 0.563. The molecular formula is C9H17N3O. The van der Waals surface area contributed by atoms with Crippen LogP contribution in [0.3, 0.4) is 0 Å². The van der Waals surface area contributed by atoms with Crippen molar-refractivity contribution in [2.75, 3.05) is 18.9 Å². The van der Waals surface area contributed by atoms with Crippen LogP contribution < -0.4 is 5.73 Å². The molecule has 0 bridgehead atoms. The number of nitrogens with zero attached hydrogens (tertiary/aromatic N) is 2. The van der Waals surface area contributed by atoms with Crippen molar-refractivity contribution in [3.63, 3.8) is 0 Å². The Hall–Kier alpha value is -1.03. The van der Waals surface area contributed by atoms with E-state index in [1.165, 1.54) is 6.42 Å². The van der Waals surface area contributed by atoms with Gasteiger partial charge in [-0.15, -0.1) is 0 Å². The summed E-state index contributed by atoms with van der Waals surface area (Å²) < 4.78 is 7.33. The number of imidazole rings is 1. The summed E-state index contributed by atoms with van der Waals surface area (Å²) in [6, 6.07) is 0. The van der Waals surface area contributed by atoms with Crippen LogP contribution in [0.1, 0.15) is 19.8 Å². The highest BCUT2D eigenvalue weighted by atomic mass is 16.5. The summed E-state index contributed by atoms with van der Waals surface area (Å²) in [5.74, 6) is 0.563. The number of ether oxygens (including phenoxy) is 1. The number of unbranched alkanes of at least 4 members (excludes halogenated alkanes) is 1. The van der Waals surface area contributed by atoms with Gasteiger partial charge < -0.3 is 15.0 Å². The van der Waals surface area contributed by atoms with Crippen molar-refractivity contribution in [2.45, 2.75) is 26.3 Å². The molecule has 13 heavy (non-hydrogen) atoms. The molecule has 0 unspecified atom stereocenters. The minimum Gasteiger partial charge on any atom is -0.382 e. The lowest BCUT2D eigenvalue weighted by molar-refractivity contribution is 0.123. The van der Waals surface area contributed by atoms with Gasteiger partial charge in [-0.2, -0.15) is 0 Å². The van der Waals surface area contributed by atoms with Gasteiger partial charge in [0.15, 0.2) is 0 Å². The summed E-state index contributed by atoms with van der Waals surface area (Å²) in [6.07, 6.45) is 5.84. The van der Waals surface area contributed by atoms with Gasteiger partial charge in [-0.05, 0) is 6.42 Å². The van der Waals surface area contributed by atoms with Crippen molar-refractivity contribution < 1.29 is 4.74 Å². The molecule has 1 rings (SSSR count). The molecule has 0 amide bonds. The van der Waals surface area contributed by atoms with E-state index < -0.39 is 0 Å². The summed E-state index contributed by atoms with van der Waals surface area (Å²) in [6.45, 7) is 4.56. The van der Waals surface area contributed by atoms with E-state index in [0.717, 1.165) is 26.2 Å². The molecule has 4 heteroatoms. The second kappa shape index (κ2) is 5.59. The molecule has 1 aromatic heterocycles. The Balaban J connectivity index is 2.06. The van der Waals surface area contributed by atoms with Crippen LogP contribution in [0.15, 0.2) is 12.5 Å². The first-order valence-electron chi connectivity index (χ1n) is 4.68. The number of nitrogens with two attached hydrogens (primary N) is 1. The lowest BCUT2D eigenvalue weighted by Gasteiger charge is -2.03. The smallest absolute Gasteiger partial charge is 0.141 e. The highest BCUT2D eigenvalue weighted by molar-refractivity contribution is 5.22. The number of hydrogen-bond donors (Lipinski definition) is 1. The molecule has 0 radical (unpaired) electrons. The molecule has 1 heterocycles. The fourth-order valence-corrected chi connectivity index (χ4v) is 1.02. The average molecular weight is 183 g/mol. The maximum Gasteiger partial charge on any atom is 0.141 e. The third kappa shape index (κ3) is 3.94. The molecule has 0 aliphatic heterocycles. The molecular weight excluding hydrogens is 166 g/mol. The Morgan fingerprint density at radius 2 is 2.38 bits per heavy atom. The van der Waals surface area contributed by atoms with Gasteiger partial charge in [-0.3, -0.25) is 0 Å². The van der Waals surface area contributed by atoms with Crippen LogP contribution in [0.2, 0.25) is 0 Å². The normalized spacial score (nSPS) is 10.5. The summed E-state index contributed by atoms with van der Waals surface area (Å²) >= 11 is 0. The van der Waals surface area contributed by atoms with E-state index in [1.807, 2.05) is 10.8 Å². The molecule has 0 fully saturated rings. The molecule has 0 spiro atoms. The first kappa shape index (κ1) is 10.1. The number of anilines is 1. The van der Waals surface area contributed by atoms with Crippen molar-refractivity contribution >= 4 is 5.82 Å². The van der Waals surface area contributed by atoms with E-state index in [2.05, 4.69) is 11.9 Å². The summed E-state index contributed by atoms with van der Waals surface area (Å²) in [5, 5.41) is 0. The zero-order chi connectivity index (χ0) is 9.52. The topological polar surface area (TPSA) is 53.1 Å². The van der Waals surface area contributed by atoms with Crippen molar-refractivity contribution in [1.29, 1.82) is 0 Å². The van der Waals surface area contributed by atoms with E-state index in [1.54, 1.807) is 6.33 Å². The second-order valence-electron chi connectivity index (χ2n) is 3.00. The van der Waals surface area contributed by atoms with Gasteiger partial charge in [0.05, 0.1) is 12.9 Å². The standard InChI is InChI=1S/C9H17N3O/c1-2-3-5-13-6-4-12-7-9(10)11-8-12/h7-8H,2-6,10H2,1H3. The van der Waals surface area contributed by atoms with Gasteiger partial charge in [0.1, 0.15) is 5.82 Å². The summed E-state index contributed by atoms with van der Waals surface area (Å²) in [7, 11) is 0. The fourth-order valence-electron chi connectivity index (χ4n) is 1.02. The van der Waals surface area contributed by atoms with Crippen LogP contribution in [-0.2, 0) is 11.3 Å². The third-order valence-corrected chi connectivity index (χ3v) is 1.79. The minimum atomic E-state index is 0.563. The summed E-state index contributed by atoms with van der Waals surface area (Å²) in [5.41, 5.74) is 5.46. The number of aromatic nitrogens is 2. The van der Waals surface area contributed by atoms with E-state index in [4.69, 9.17) is 10.5 Å². The van der Waals surface area contributed by atoms with Crippen molar-refractivity contribution in [3.8, 4) is 0 Å². The molecule has 0 atom stereocenters.